The number of benzene rings is 1. The fourth-order valence-corrected chi connectivity index (χ4v) is 5.51. The SMILES string of the molecule is CCC1CCCCC1NC1CS(=O)(=O)c2ccccc21. The van der Waals surface area contributed by atoms with E-state index >= 15 is 0 Å². The van der Waals surface area contributed by atoms with Crippen molar-refractivity contribution in [2.24, 2.45) is 5.92 Å². The van der Waals surface area contributed by atoms with Gasteiger partial charge >= 0.3 is 0 Å². The Morgan fingerprint density at radius 2 is 1.95 bits per heavy atom. The molecular formula is C16H23NO2S. The topological polar surface area (TPSA) is 46.2 Å². The molecule has 3 atom stereocenters. The van der Waals surface area contributed by atoms with E-state index in [9.17, 15) is 8.42 Å². The van der Waals surface area contributed by atoms with Crippen LogP contribution in [0.1, 0.15) is 50.6 Å². The second-order valence-corrected chi connectivity index (χ2v) is 8.10. The molecule has 3 nitrogen and oxygen atoms in total. The van der Waals surface area contributed by atoms with E-state index in [-0.39, 0.29) is 11.8 Å². The van der Waals surface area contributed by atoms with E-state index in [1.807, 2.05) is 18.2 Å². The highest BCUT2D eigenvalue weighted by atomic mass is 32.2. The number of nitrogens with one attached hydrogen (secondary N) is 1. The highest BCUT2D eigenvalue weighted by molar-refractivity contribution is 7.91. The molecule has 0 spiro atoms. The molecule has 2 aliphatic rings. The number of sulfone groups is 1. The van der Waals surface area contributed by atoms with Crippen molar-refractivity contribution in [3.05, 3.63) is 29.8 Å². The van der Waals surface area contributed by atoms with Gasteiger partial charge in [0.25, 0.3) is 0 Å². The first-order valence-electron chi connectivity index (χ1n) is 7.69. The zero-order valence-corrected chi connectivity index (χ0v) is 12.8. The molecule has 1 aliphatic carbocycles. The maximum atomic E-state index is 12.2. The molecule has 1 heterocycles. The molecule has 1 aromatic carbocycles. The van der Waals surface area contributed by atoms with Crippen molar-refractivity contribution in [2.75, 3.05) is 5.75 Å². The van der Waals surface area contributed by atoms with Gasteiger partial charge in [-0.3, -0.25) is 0 Å². The van der Waals surface area contributed by atoms with E-state index in [0.29, 0.717) is 16.9 Å². The van der Waals surface area contributed by atoms with Gasteiger partial charge in [0.05, 0.1) is 10.6 Å². The van der Waals surface area contributed by atoms with Gasteiger partial charge in [-0.25, -0.2) is 8.42 Å². The van der Waals surface area contributed by atoms with E-state index in [1.165, 1.54) is 32.1 Å². The Bertz CT molecular complexity index is 582. The van der Waals surface area contributed by atoms with Gasteiger partial charge in [0, 0.05) is 12.1 Å². The lowest BCUT2D eigenvalue weighted by Gasteiger charge is -2.33. The minimum Gasteiger partial charge on any atom is -0.306 e. The van der Waals surface area contributed by atoms with Crippen LogP contribution in [0.2, 0.25) is 0 Å². The molecule has 1 aliphatic heterocycles. The molecule has 0 aromatic heterocycles. The van der Waals surface area contributed by atoms with E-state index in [1.54, 1.807) is 6.07 Å². The van der Waals surface area contributed by atoms with Gasteiger partial charge < -0.3 is 5.32 Å². The summed E-state index contributed by atoms with van der Waals surface area (Å²) in [5.74, 6) is 0.915. The first kappa shape index (κ1) is 14.1. The summed E-state index contributed by atoms with van der Waals surface area (Å²) in [6.45, 7) is 2.24. The van der Waals surface area contributed by atoms with Gasteiger partial charge in [0.15, 0.2) is 9.84 Å². The second kappa shape index (κ2) is 5.49. The van der Waals surface area contributed by atoms with Crippen molar-refractivity contribution in [1.29, 1.82) is 0 Å². The predicted molar refractivity (Wildman–Crippen MR) is 80.4 cm³/mol. The van der Waals surface area contributed by atoms with Crippen molar-refractivity contribution in [2.45, 2.75) is 56.0 Å². The molecule has 110 valence electrons. The molecule has 4 heteroatoms. The van der Waals surface area contributed by atoms with Crippen molar-refractivity contribution < 1.29 is 8.42 Å². The Balaban J connectivity index is 1.82. The van der Waals surface area contributed by atoms with Gasteiger partial charge in [0.2, 0.25) is 0 Å². The van der Waals surface area contributed by atoms with Gasteiger partial charge in [-0.15, -0.1) is 0 Å². The van der Waals surface area contributed by atoms with Crippen LogP contribution in [0.5, 0.6) is 0 Å². The summed E-state index contributed by atoms with van der Waals surface area (Å²) in [6, 6.07) is 7.90. The Morgan fingerprint density at radius 1 is 1.20 bits per heavy atom. The van der Waals surface area contributed by atoms with Crippen LogP contribution in [0.25, 0.3) is 0 Å². The maximum Gasteiger partial charge on any atom is 0.180 e. The summed E-state index contributed by atoms with van der Waals surface area (Å²) in [7, 11) is -3.09. The minimum atomic E-state index is -3.09. The van der Waals surface area contributed by atoms with Crippen LogP contribution >= 0.6 is 0 Å². The van der Waals surface area contributed by atoms with Crippen molar-refractivity contribution >= 4 is 9.84 Å². The van der Waals surface area contributed by atoms with Gasteiger partial charge in [-0.1, -0.05) is 44.4 Å². The van der Waals surface area contributed by atoms with Gasteiger partial charge in [-0.05, 0) is 30.4 Å². The molecule has 1 saturated carbocycles. The molecule has 3 unspecified atom stereocenters. The minimum absolute atomic E-state index is 0.0200. The third kappa shape index (κ3) is 2.51. The summed E-state index contributed by atoms with van der Waals surface area (Å²) in [5, 5.41) is 3.65. The third-order valence-corrected chi connectivity index (χ3v) is 6.68. The summed E-state index contributed by atoms with van der Waals surface area (Å²) in [6.07, 6.45) is 6.21. The normalized spacial score (nSPS) is 31.9. The lowest BCUT2D eigenvalue weighted by molar-refractivity contribution is 0.241. The lowest BCUT2D eigenvalue weighted by atomic mass is 9.82. The van der Waals surface area contributed by atoms with Crippen LogP contribution in [0.15, 0.2) is 29.2 Å². The lowest BCUT2D eigenvalue weighted by Crippen LogP contribution is -2.41. The summed E-state index contributed by atoms with van der Waals surface area (Å²) in [5.41, 5.74) is 0.966. The zero-order chi connectivity index (χ0) is 14.2. The first-order valence-corrected chi connectivity index (χ1v) is 9.35. The molecule has 0 radical (unpaired) electrons. The molecule has 0 amide bonds. The predicted octanol–water partition coefficient (Wildman–Crippen LogP) is 3.07. The average molecular weight is 293 g/mol. The Morgan fingerprint density at radius 3 is 2.75 bits per heavy atom. The fourth-order valence-electron chi connectivity index (χ4n) is 3.76. The van der Waals surface area contributed by atoms with Gasteiger partial charge in [-0.2, -0.15) is 0 Å². The number of hydrogen-bond donors (Lipinski definition) is 1. The molecule has 3 rings (SSSR count). The fraction of sp³-hybridized carbons (Fsp3) is 0.625. The Hall–Kier alpha value is -0.870. The molecule has 1 N–H and O–H groups in total. The maximum absolute atomic E-state index is 12.2. The quantitative estimate of drug-likeness (QED) is 0.931. The number of hydrogen-bond acceptors (Lipinski definition) is 3. The molecular weight excluding hydrogens is 270 g/mol. The van der Waals surface area contributed by atoms with E-state index in [2.05, 4.69) is 12.2 Å². The molecule has 1 fully saturated rings. The van der Waals surface area contributed by atoms with E-state index in [0.717, 1.165) is 5.56 Å². The molecule has 20 heavy (non-hydrogen) atoms. The van der Waals surface area contributed by atoms with Crippen LogP contribution in [0, 0.1) is 5.92 Å². The van der Waals surface area contributed by atoms with Crippen LogP contribution in [0.4, 0.5) is 0 Å². The van der Waals surface area contributed by atoms with Crippen LogP contribution in [-0.2, 0) is 9.84 Å². The second-order valence-electron chi connectivity index (χ2n) is 6.10. The largest absolute Gasteiger partial charge is 0.306 e. The zero-order valence-electron chi connectivity index (χ0n) is 12.0. The van der Waals surface area contributed by atoms with Crippen molar-refractivity contribution in [1.82, 2.24) is 5.32 Å². The van der Waals surface area contributed by atoms with E-state index < -0.39 is 9.84 Å². The smallest absolute Gasteiger partial charge is 0.180 e. The molecule has 0 bridgehead atoms. The average Bonchev–Trinajstić information content (AvgIpc) is 2.71. The highest BCUT2D eigenvalue weighted by Crippen LogP contribution is 2.35. The Labute approximate surface area is 121 Å². The Kier molecular flexibility index (Phi) is 3.87. The van der Waals surface area contributed by atoms with E-state index in [4.69, 9.17) is 0 Å². The van der Waals surface area contributed by atoms with Gasteiger partial charge in [0.1, 0.15) is 0 Å². The van der Waals surface area contributed by atoms with Crippen molar-refractivity contribution in [3.8, 4) is 0 Å². The van der Waals surface area contributed by atoms with Crippen LogP contribution in [-0.4, -0.2) is 20.2 Å². The van der Waals surface area contributed by atoms with Crippen molar-refractivity contribution in [3.63, 3.8) is 0 Å². The number of fused-ring (bicyclic) bond motifs is 1. The third-order valence-electron chi connectivity index (χ3n) is 4.86. The monoisotopic (exact) mass is 293 g/mol. The van der Waals surface area contributed by atoms with Crippen LogP contribution < -0.4 is 5.32 Å². The molecule has 0 saturated heterocycles. The summed E-state index contributed by atoms with van der Waals surface area (Å²) < 4.78 is 24.4. The highest BCUT2D eigenvalue weighted by Gasteiger charge is 2.36. The van der Waals surface area contributed by atoms with Crippen LogP contribution in [0.3, 0.4) is 0 Å². The standard InChI is InChI=1S/C16H23NO2S/c1-2-12-7-3-5-9-14(12)17-15-11-20(18,19)16-10-6-4-8-13(15)16/h4,6,8,10,12,14-15,17H,2-3,5,7,9,11H2,1H3. The number of rotatable bonds is 3. The first-order chi connectivity index (χ1) is 9.62. The summed E-state index contributed by atoms with van der Waals surface area (Å²) >= 11 is 0. The molecule has 1 aromatic rings. The summed E-state index contributed by atoms with van der Waals surface area (Å²) in [4.78, 5) is 0.529.